The molecule has 1 aliphatic rings. The highest BCUT2D eigenvalue weighted by atomic mass is 15.1. The molecule has 1 aromatic carbocycles. The molecule has 0 saturated heterocycles. The molecule has 0 aliphatic heterocycles. The maximum absolute atomic E-state index is 6.17. The Labute approximate surface area is 114 Å². The topological polar surface area (TPSA) is 47.1 Å². The molecule has 1 fully saturated rings. The normalized spacial score (nSPS) is 23.6. The molecule has 4 nitrogen and oxygen atoms in total. The van der Waals surface area contributed by atoms with Crippen LogP contribution >= 0.6 is 0 Å². The second-order valence-electron chi connectivity index (χ2n) is 5.76. The lowest BCUT2D eigenvalue weighted by Crippen LogP contribution is -2.41. The predicted molar refractivity (Wildman–Crippen MR) is 77.8 cm³/mol. The lowest BCUT2D eigenvalue weighted by Gasteiger charge is -2.27. The molecular formula is C15H22N4. The standard InChI is InChI=1S/C15H22N4/c1-18(14-5-3-4-12(14)16)9-11-6-7-15-13(8-11)17-10-19(15)2/h6-8,10,12,14H,3-5,9,16H2,1-2H3. The second-order valence-corrected chi connectivity index (χ2v) is 5.76. The SMILES string of the molecule is CN(Cc1ccc2c(c1)ncn2C)C1CCCC1N. The quantitative estimate of drug-likeness (QED) is 0.914. The fourth-order valence-electron chi connectivity index (χ4n) is 3.20. The molecule has 1 saturated carbocycles. The van der Waals surface area contributed by atoms with Gasteiger partial charge in [0.15, 0.2) is 0 Å². The zero-order chi connectivity index (χ0) is 13.4. The molecule has 1 aromatic heterocycles. The monoisotopic (exact) mass is 258 g/mol. The van der Waals surface area contributed by atoms with Crippen molar-refractivity contribution in [3.8, 4) is 0 Å². The largest absolute Gasteiger partial charge is 0.334 e. The van der Waals surface area contributed by atoms with Crippen molar-refractivity contribution < 1.29 is 0 Å². The van der Waals surface area contributed by atoms with Crippen LogP contribution in [0.3, 0.4) is 0 Å². The van der Waals surface area contributed by atoms with Gasteiger partial charge < -0.3 is 10.3 Å². The van der Waals surface area contributed by atoms with Gasteiger partial charge in [-0.1, -0.05) is 12.5 Å². The summed E-state index contributed by atoms with van der Waals surface area (Å²) in [5.41, 5.74) is 9.74. The second kappa shape index (κ2) is 4.94. The van der Waals surface area contributed by atoms with E-state index >= 15 is 0 Å². The third-order valence-electron chi connectivity index (χ3n) is 4.32. The molecule has 4 heteroatoms. The fraction of sp³-hybridized carbons (Fsp3) is 0.533. The van der Waals surface area contributed by atoms with Gasteiger partial charge in [0.1, 0.15) is 0 Å². The molecule has 102 valence electrons. The Hall–Kier alpha value is -1.39. The van der Waals surface area contributed by atoms with Gasteiger partial charge in [-0.05, 0) is 37.6 Å². The Morgan fingerprint density at radius 2 is 2.26 bits per heavy atom. The summed E-state index contributed by atoms with van der Waals surface area (Å²) in [6, 6.07) is 7.40. The lowest BCUT2D eigenvalue weighted by atomic mass is 10.1. The number of aryl methyl sites for hydroxylation is 1. The summed E-state index contributed by atoms with van der Waals surface area (Å²) >= 11 is 0. The van der Waals surface area contributed by atoms with Crippen molar-refractivity contribution in [3.05, 3.63) is 30.1 Å². The molecular weight excluding hydrogens is 236 g/mol. The van der Waals surface area contributed by atoms with Gasteiger partial charge >= 0.3 is 0 Å². The first-order chi connectivity index (χ1) is 9.15. The molecule has 2 atom stereocenters. The minimum atomic E-state index is 0.337. The molecule has 2 N–H and O–H groups in total. The molecule has 0 bridgehead atoms. The summed E-state index contributed by atoms with van der Waals surface area (Å²) in [4.78, 5) is 6.81. The maximum atomic E-state index is 6.17. The van der Waals surface area contributed by atoms with Crippen molar-refractivity contribution in [1.82, 2.24) is 14.5 Å². The summed E-state index contributed by atoms with van der Waals surface area (Å²) in [6.07, 6.45) is 5.51. The molecule has 0 radical (unpaired) electrons. The highest BCUT2D eigenvalue weighted by Gasteiger charge is 2.27. The van der Waals surface area contributed by atoms with Crippen LogP contribution in [0.25, 0.3) is 11.0 Å². The van der Waals surface area contributed by atoms with E-state index in [0.29, 0.717) is 12.1 Å². The first-order valence-electron chi connectivity index (χ1n) is 7.01. The molecule has 3 rings (SSSR count). The average molecular weight is 258 g/mol. The zero-order valence-electron chi connectivity index (χ0n) is 11.7. The average Bonchev–Trinajstić information content (AvgIpc) is 2.96. The van der Waals surface area contributed by atoms with E-state index in [1.54, 1.807) is 0 Å². The van der Waals surface area contributed by atoms with Gasteiger partial charge in [0.05, 0.1) is 17.4 Å². The predicted octanol–water partition coefficient (Wildman–Crippen LogP) is 1.88. The van der Waals surface area contributed by atoms with Crippen molar-refractivity contribution >= 4 is 11.0 Å². The van der Waals surface area contributed by atoms with Gasteiger partial charge in [-0.3, -0.25) is 4.90 Å². The molecule has 1 heterocycles. The zero-order valence-corrected chi connectivity index (χ0v) is 11.7. The minimum Gasteiger partial charge on any atom is -0.334 e. The Kier molecular flexibility index (Phi) is 3.29. The number of hydrogen-bond acceptors (Lipinski definition) is 3. The van der Waals surface area contributed by atoms with Gasteiger partial charge in [-0.2, -0.15) is 0 Å². The lowest BCUT2D eigenvalue weighted by molar-refractivity contribution is 0.220. The van der Waals surface area contributed by atoms with Crippen LogP contribution in [-0.4, -0.2) is 33.6 Å². The third-order valence-corrected chi connectivity index (χ3v) is 4.32. The Bertz CT molecular complexity index is 575. The number of hydrogen-bond donors (Lipinski definition) is 1. The van der Waals surface area contributed by atoms with Gasteiger partial charge in [0.25, 0.3) is 0 Å². The number of aromatic nitrogens is 2. The number of nitrogens with zero attached hydrogens (tertiary/aromatic N) is 3. The summed E-state index contributed by atoms with van der Waals surface area (Å²) in [7, 11) is 4.21. The van der Waals surface area contributed by atoms with Gasteiger partial charge in [0.2, 0.25) is 0 Å². The van der Waals surface area contributed by atoms with E-state index in [4.69, 9.17) is 5.73 Å². The molecule has 2 unspecified atom stereocenters. The Morgan fingerprint density at radius 1 is 1.42 bits per heavy atom. The van der Waals surface area contributed by atoms with Crippen molar-refractivity contribution in [2.24, 2.45) is 12.8 Å². The third kappa shape index (κ3) is 2.38. The van der Waals surface area contributed by atoms with E-state index < -0.39 is 0 Å². The summed E-state index contributed by atoms with van der Waals surface area (Å²) in [5, 5.41) is 0. The van der Waals surface area contributed by atoms with E-state index in [1.165, 1.54) is 23.9 Å². The van der Waals surface area contributed by atoms with Crippen LogP contribution in [-0.2, 0) is 13.6 Å². The summed E-state index contributed by atoms with van der Waals surface area (Å²) in [5.74, 6) is 0. The van der Waals surface area contributed by atoms with Crippen molar-refractivity contribution in [3.63, 3.8) is 0 Å². The number of nitrogens with two attached hydrogens (primary N) is 1. The molecule has 0 spiro atoms. The molecule has 1 aliphatic carbocycles. The number of rotatable bonds is 3. The highest BCUT2D eigenvalue weighted by molar-refractivity contribution is 5.75. The van der Waals surface area contributed by atoms with Crippen molar-refractivity contribution in [2.75, 3.05) is 7.05 Å². The van der Waals surface area contributed by atoms with E-state index in [1.807, 2.05) is 13.4 Å². The number of benzene rings is 1. The maximum Gasteiger partial charge on any atom is 0.0955 e. The van der Waals surface area contributed by atoms with Gasteiger partial charge in [-0.25, -0.2) is 4.98 Å². The van der Waals surface area contributed by atoms with Crippen LogP contribution in [0.5, 0.6) is 0 Å². The van der Waals surface area contributed by atoms with Gasteiger partial charge in [-0.15, -0.1) is 0 Å². The van der Waals surface area contributed by atoms with Crippen LogP contribution in [0.15, 0.2) is 24.5 Å². The minimum absolute atomic E-state index is 0.337. The van der Waals surface area contributed by atoms with Crippen LogP contribution in [0.2, 0.25) is 0 Å². The first-order valence-corrected chi connectivity index (χ1v) is 7.01. The summed E-state index contributed by atoms with van der Waals surface area (Å²) < 4.78 is 2.05. The van der Waals surface area contributed by atoms with Crippen LogP contribution < -0.4 is 5.73 Å². The van der Waals surface area contributed by atoms with Crippen LogP contribution in [0, 0.1) is 0 Å². The van der Waals surface area contributed by atoms with Gasteiger partial charge in [0, 0.05) is 25.7 Å². The van der Waals surface area contributed by atoms with E-state index in [-0.39, 0.29) is 0 Å². The van der Waals surface area contributed by atoms with Crippen molar-refractivity contribution in [2.45, 2.75) is 37.9 Å². The summed E-state index contributed by atoms with van der Waals surface area (Å²) in [6.45, 7) is 0.949. The molecule has 2 aromatic rings. The van der Waals surface area contributed by atoms with E-state index in [2.05, 4.69) is 39.7 Å². The van der Waals surface area contributed by atoms with Crippen molar-refractivity contribution in [1.29, 1.82) is 0 Å². The van der Waals surface area contributed by atoms with Crippen LogP contribution in [0.4, 0.5) is 0 Å². The number of fused-ring (bicyclic) bond motifs is 1. The van der Waals surface area contributed by atoms with Crippen LogP contribution in [0.1, 0.15) is 24.8 Å². The van der Waals surface area contributed by atoms with E-state index in [0.717, 1.165) is 18.5 Å². The fourth-order valence-corrected chi connectivity index (χ4v) is 3.20. The first kappa shape index (κ1) is 12.6. The highest BCUT2D eigenvalue weighted by Crippen LogP contribution is 2.23. The smallest absolute Gasteiger partial charge is 0.0955 e. The number of likely N-dealkylation sites (N-methyl/N-ethyl adjacent to an activating group) is 1. The number of imidazole rings is 1. The molecule has 19 heavy (non-hydrogen) atoms. The Morgan fingerprint density at radius 3 is 3.00 bits per heavy atom. The molecule has 0 amide bonds. The Balaban J connectivity index is 1.77. The van der Waals surface area contributed by atoms with E-state index in [9.17, 15) is 0 Å².